The number of carbonyl (C=O) groups excluding carboxylic acids is 1. The first-order valence-electron chi connectivity index (χ1n) is 8.07. The third-order valence-corrected chi connectivity index (χ3v) is 5.38. The maximum Gasteiger partial charge on any atom is 0.293 e. The Morgan fingerprint density at radius 1 is 1.39 bits per heavy atom. The lowest BCUT2D eigenvalue weighted by Gasteiger charge is -2.29. The Labute approximate surface area is 140 Å². The molecule has 0 radical (unpaired) electrons. The van der Waals surface area contributed by atoms with E-state index in [0.717, 1.165) is 37.0 Å². The summed E-state index contributed by atoms with van der Waals surface area (Å²) >= 11 is 1.56. The zero-order valence-corrected chi connectivity index (χ0v) is 14.7. The molecule has 0 unspecified atom stereocenters. The smallest absolute Gasteiger partial charge is 0.293 e. The van der Waals surface area contributed by atoms with Crippen LogP contribution in [-0.2, 0) is 6.54 Å². The number of carbonyl (C=O) groups is 1. The highest BCUT2D eigenvalue weighted by Gasteiger charge is 2.19. The number of piperidine rings is 1. The summed E-state index contributed by atoms with van der Waals surface area (Å²) in [5.74, 6) is 1.64. The van der Waals surface area contributed by atoms with Crippen LogP contribution < -0.4 is 5.32 Å². The fourth-order valence-electron chi connectivity index (χ4n) is 2.77. The predicted octanol–water partition coefficient (Wildman–Crippen LogP) is 3.84. The largest absolute Gasteiger partial charge is 0.456 e. The molecule has 6 heteroatoms. The van der Waals surface area contributed by atoms with E-state index in [-0.39, 0.29) is 5.91 Å². The third-order valence-electron chi connectivity index (χ3n) is 4.32. The molecule has 0 bridgehead atoms. The van der Waals surface area contributed by atoms with E-state index in [1.165, 1.54) is 17.7 Å². The van der Waals surface area contributed by atoms with Gasteiger partial charge < -0.3 is 4.42 Å². The summed E-state index contributed by atoms with van der Waals surface area (Å²) in [6.45, 7) is 9.36. The van der Waals surface area contributed by atoms with Gasteiger partial charge in [0, 0.05) is 11.4 Å². The minimum atomic E-state index is -0.245. The van der Waals surface area contributed by atoms with Gasteiger partial charge in [0.25, 0.3) is 5.91 Å². The lowest BCUT2D eigenvalue weighted by molar-refractivity contribution is 0.0995. The van der Waals surface area contributed by atoms with Crippen LogP contribution in [0.25, 0.3) is 0 Å². The van der Waals surface area contributed by atoms with Crippen molar-refractivity contribution < 1.29 is 9.21 Å². The van der Waals surface area contributed by atoms with Crippen LogP contribution in [-0.4, -0.2) is 28.9 Å². The van der Waals surface area contributed by atoms with E-state index in [9.17, 15) is 4.79 Å². The summed E-state index contributed by atoms with van der Waals surface area (Å²) in [5.41, 5.74) is 1.000. The van der Waals surface area contributed by atoms with Gasteiger partial charge >= 0.3 is 0 Å². The van der Waals surface area contributed by atoms with Crippen LogP contribution in [0.5, 0.6) is 0 Å². The van der Waals surface area contributed by atoms with E-state index in [0.29, 0.717) is 10.9 Å². The van der Waals surface area contributed by atoms with Crippen molar-refractivity contribution in [3.63, 3.8) is 0 Å². The standard InChI is InChI=1S/C17H23N3O2S/c1-11-6-8-20(9-7-11)10-15-13(3)18-17(23-15)19-16(21)14-5-4-12(2)22-14/h4-5,11H,6-10H2,1-3H3,(H,18,19,21). The van der Waals surface area contributed by atoms with Crippen LogP contribution in [0.4, 0.5) is 5.13 Å². The van der Waals surface area contributed by atoms with Crippen LogP contribution in [0.2, 0.25) is 0 Å². The molecule has 124 valence electrons. The zero-order valence-electron chi connectivity index (χ0n) is 13.9. The van der Waals surface area contributed by atoms with Gasteiger partial charge in [-0.3, -0.25) is 15.0 Å². The Kier molecular flexibility index (Phi) is 4.82. The normalized spacial score (nSPS) is 16.7. The molecule has 0 aliphatic carbocycles. The summed E-state index contributed by atoms with van der Waals surface area (Å²) < 4.78 is 5.34. The van der Waals surface area contributed by atoms with Crippen molar-refractivity contribution in [2.45, 2.75) is 40.2 Å². The molecular weight excluding hydrogens is 310 g/mol. The van der Waals surface area contributed by atoms with E-state index in [4.69, 9.17) is 4.42 Å². The number of furan rings is 1. The van der Waals surface area contributed by atoms with Crippen molar-refractivity contribution in [3.8, 4) is 0 Å². The van der Waals surface area contributed by atoms with Gasteiger partial charge in [0.15, 0.2) is 10.9 Å². The van der Waals surface area contributed by atoms with Crippen LogP contribution in [0.15, 0.2) is 16.5 Å². The van der Waals surface area contributed by atoms with E-state index < -0.39 is 0 Å². The zero-order chi connectivity index (χ0) is 16.4. The minimum Gasteiger partial charge on any atom is -0.456 e. The number of nitrogens with zero attached hydrogens (tertiary/aromatic N) is 2. The molecule has 2 aromatic heterocycles. The number of rotatable bonds is 4. The number of nitrogens with one attached hydrogen (secondary N) is 1. The highest BCUT2D eigenvalue weighted by atomic mass is 32.1. The van der Waals surface area contributed by atoms with Gasteiger partial charge in [-0.25, -0.2) is 4.98 Å². The topological polar surface area (TPSA) is 58.4 Å². The number of thiazole rings is 1. The first kappa shape index (κ1) is 16.2. The summed E-state index contributed by atoms with van der Waals surface area (Å²) in [6, 6.07) is 3.46. The molecule has 1 N–H and O–H groups in total. The molecule has 0 aromatic carbocycles. The number of hydrogen-bond donors (Lipinski definition) is 1. The molecule has 1 aliphatic rings. The van der Waals surface area contributed by atoms with Gasteiger partial charge in [-0.05, 0) is 57.8 Å². The number of aryl methyl sites for hydroxylation is 2. The second kappa shape index (κ2) is 6.84. The van der Waals surface area contributed by atoms with E-state index in [1.807, 2.05) is 13.8 Å². The van der Waals surface area contributed by atoms with Gasteiger partial charge in [-0.2, -0.15) is 0 Å². The van der Waals surface area contributed by atoms with E-state index >= 15 is 0 Å². The van der Waals surface area contributed by atoms with Crippen LogP contribution in [0.3, 0.4) is 0 Å². The molecule has 5 nitrogen and oxygen atoms in total. The Morgan fingerprint density at radius 3 is 2.78 bits per heavy atom. The van der Waals surface area contributed by atoms with Gasteiger partial charge in [-0.1, -0.05) is 6.92 Å². The fourth-order valence-corrected chi connectivity index (χ4v) is 3.77. The number of amides is 1. The molecule has 23 heavy (non-hydrogen) atoms. The van der Waals surface area contributed by atoms with Crippen LogP contribution >= 0.6 is 11.3 Å². The Bertz CT molecular complexity index is 684. The van der Waals surface area contributed by atoms with E-state index in [2.05, 4.69) is 22.1 Å². The molecule has 3 heterocycles. The van der Waals surface area contributed by atoms with Crippen molar-refractivity contribution in [3.05, 3.63) is 34.2 Å². The second-order valence-electron chi connectivity index (χ2n) is 6.35. The van der Waals surface area contributed by atoms with Crippen molar-refractivity contribution in [1.82, 2.24) is 9.88 Å². The predicted molar refractivity (Wildman–Crippen MR) is 91.9 cm³/mol. The molecule has 3 rings (SSSR count). The van der Waals surface area contributed by atoms with E-state index in [1.54, 1.807) is 23.5 Å². The molecule has 0 spiro atoms. The van der Waals surface area contributed by atoms with Gasteiger partial charge in [-0.15, -0.1) is 11.3 Å². The number of aromatic nitrogens is 1. The first-order valence-corrected chi connectivity index (χ1v) is 8.89. The Morgan fingerprint density at radius 2 is 2.13 bits per heavy atom. The van der Waals surface area contributed by atoms with Crippen molar-refractivity contribution in [2.75, 3.05) is 18.4 Å². The summed E-state index contributed by atoms with van der Waals surface area (Å²) in [5, 5.41) is 3.47. The quantitative estimate of drug-likeness (QED) is 0.923. The molecule has 0 atom stereocenters. The Hall–Kier alpha value is -1.66. The first-order chi connectivity index (χ1) is 11.0. The minimum absolute atomic E-state index is 0.245. The fraction of sp³-hybridized carbons (Fsp3) is 0.529. The van der Waals surface area contributed by atoms with Crippen molar-refractivity contribution in [1.29, 1.82) is 0 Å². The summed E-state index contributed by atoms with van der Waals surface area (Å²) in [6.07, 6.45) is 2.53. The number of hydrogen-bond acceptors (Lipinski definition) is 5. The molecule has 2 aromatic rings. The highest BCUT2D eigenvalue weighted by molar-refractivity contribution is 7.15. The molecule has 0 saturated carbocycles. The summed E-state index contributed by atoms with van der Waals surface area (Å²) in [7, 11) is 0. The van der Waals surface area contributed by atoms with Crippen molar-refractivity contribution >= 4 is 22.4 Å². The molecule has 1 amide bonds. The summed E-state index contributed by atoms with van der Waals surface area (Å²) in [4.78, 5) is 20.3. The monoisotopic (exact) mass is 333 g/mol. The lowest BCUT2D eigenvalue weighted by atomic mass is 9.99. The lowest BCUT2D eigenvalue weighted by Crippen LogP contribution is -2.32. The van der Waals surface area contributed by atoms with Gasteiger partial charge in [0.05, 0.1) is 5.69 Å². The molecular formula is C17H23N3O2S. The average molecular weight is 333 g/mol. The Balaban J connectivity index is 1.62. The average Bonchev–Trinajstić information content (AvgIpc) is 3.08. The molecule has 1 saturated heterocycles. The van der Waals surface area contributed by atoms with Crippen LogP contribution in [0, 0.1) is 19.8 Å². The molecule has 1 fully saturated rings. The van der Waals surface area contributed by atoms with Crippen molar-refractivity contribution in [2.24, 2.45) is 5.92 Å². The number of anilines is 1. The molecule has 1 aliphatic heterocycles. The second-order valence-corrected chi connectivity index (χ2v) is 7.43. The SMILES string of the molecule is Cc1ccc(C(=O)Nc2nc(C)c(CN3CCC(C)CC3)s2)o1. The van der Waals surface area contributed by atoms with Crippen LogP contribution in [0.1, 0.15) is 46.7 Å². The van der Waals surface area contributed by atoms with Gasteiger partial charge in [0.2, 0.25) is 0 Å². The number of likely N-dealkylation sites (tertiary alicyclic amines) is 1. The third kappa shape index (κ3) is 4.00. The highest BCUT2D eigenvalue weighted by Crippen LogP contribution is 2.26. The maximum absolute atomic E-state index is 12.1. The van der Waals surface area contributed by atoms with Gasteiger partial charge in [0.1, 0.15) is 5.76 Å². The maximum atomic E-state index is 12.1.